The lowest BCUT2D eigenvalue weighted by molar-refractivity contribution is 0.114. The molecule has 1 aliphatic heterocycles. The molecule has 2 heterocycles. The minimum Gasteiger partial charge on any atom is -0.494 e. The molecule has 2 aromatic carbocycles. The van der Waals surface area contributed by atoms with E-state index in [0.717, 1.165) is 31.7 Å². The van der Waals surface area contributed by atoms with Crippen molar-refractivity contribution in [1.82, 2.24) is 19.6 Å². The summed E-state index contributed by atoms with van der Waals surface area (Å²) in [6.07, 6.45) is 3.57. The van der Waals surface area contributed by atoms with E-state index in [9.17, 15) is 8.42 Å². The van der Waals surface area contributed by atoms with Crippen molar-refractivity contribution in [2.24, 2.45) is 5.92 Å². The molecular weight excluding hydrogens is 540 g/mol. The van der Waals surface area contributed by atoms with Crippen molar-refractivity contribution >= 4 is 44.8 Å². The maximum Gasteiger partial charge on any atom is 0.242 e. The van der Waals surface area contributed by atoms with Gasteiger partial charge in [0.25, 0.3) is 0 Å². The predicted molar refractivity (Wildman–Crippen MR) is 154 cm³/mol. The summed E-state index contributed by atoms with van der Waals surface area (Å²) in [6.45, 7) is 6.22. The fraction of sp³-hybridized carbons (Fsp3) is 0.407. The Hall–Kier alpha value is -3.12. The van der Waals surface area contributed by atoms with E-state index in [1.165, 1.54) is 12.3 Å². The van der Waals surface area contributed by atoms with E-state index in [-0.39, 0.29) is 33.7 Å². The van der Waals surface area contributed by atoms with Gasteiger partial charge in [-0.05, 0) is 50.1 Å². The third-order valence-corrected chi connectivity index (χ3v) is 8.00. The van der Waals surface area contributed by atoms with E-state index in [1.807, 2.05) is 32.0 Å². The number of benzene rings is 2. The highest BCUT2D eigenvalue weighted by molar-refractivity contribution is 7.89. The van der Waals surface area contributed by atoms with Gasteiger partial charge in [0, 0.05) is 25.7 Å². The SMILES string of the molecule is COc1cc(OC2CCN(C)CC2)ccc1Nc1ncc(Cl)c(Nc2ccccc2S(=O)(=O)NCC(C)C)n1. The van der Waals surface area contributed by atoms with Gasteiger partial charge in [-0.3, -0.25) is 0 Å². The van der Waals surface area contributed by atoms with Gasteiger partial charge < -0.3 is 25.0 Å². The normalized spacial score (nSPS) is 14.8. The molecule has 4 rings (SSSR count). The van der Waals surface area contributed by atoms with Crippen molar-refractivity contribution in [3.63, 3.8) is 0 Å². The molecule has 0 amide bonds. The lowest BCUT2D eigenvalue weighted by atomic mass is 10.1. The number of likely N-dealkylation sites (tertiary alicyclic amines) is 1. The van der Waals surface area contributed by atoms with E-state index in [4.69, 9.17) is 21.1 Å². The Morgan fingerprint density at radius 1 is 1.10 bits per heavy atom. The van der Waals surface area contributed by atoms with Crippen LogP contribution >= 0.6 is 11.6 Å². The van der Waals surface area contributed by atoms with Gasteiger partial charge in [-0.15, -0.1) is 0 Å². The Balaban J connectivity index is 1.52. The van der Waals surface area contributed by atoms with E-state index in [1.54, 1.807) is 25.3 Å². The number of nitrogens with zero attached hydrogens (tertiary/aromatic N) is 3. The molecule has 1 fully saturated rings. The smallest absolute Gasteiger partial charge is 0.242 e. The number of nitrogens with one attached hydrogen (secondary N) is 3. The zero-order valence-corrected chi connectivity index (χ0v) is 24.1. The molecular formula is C27H35ClN6O4S. The number of sulfonamides is 1. The van der Waals surface area contributed by atoms with Crippen molar-refractivity contribution in [3.8, 4) is 11.5 Å². The molecule has 3 aromatic rings. The molecule has 0 aliphatic carbocycles. The quantitative estimate of drug-likeness (QED) is 0.290. The van der Waals surface area contributed by atoms with E-state index < -0.39 is 10.0 Å². The number of aromatic nitrogens is 2. The molecule has 1 aliphatic rings. The number of piperidine rings is 1. The first-order valence-electron chi connectivity index (χ1n) is 12.8. The third-order valence-electron chi connectivity index (χ3n) is 6.24. The van der Waals surface area contributed by atoms with Gasteiger partial charge in [-0.2, -0.15) is 4.98 Å². The van der Waals surface area contributed by atoms with E-state index in [2.05, 4.69) is 37.3 Å². The lowest BCUT2D eigenvalue weighted by Crippen LogP contribution is -2.35. The first-order valence-corrected chi connectivity index (χ1v) is 14.7. The molecule has 1 aromatic heterocycles. The second kappa shape index (κ2) is 12.8. The monoisotopic (exact) mass is 574 g/mol. The van der Waals surface area contributed by atoms with Crippen LogP contribution in [-0.4, -0.2) is 63.2 Å². The lowest BCUT2D eigenvalue weighted by Gasteiger charge is -2.29. The summed E-state index contributed by atoms with van der Waals surface area (Å²) in [5, 5.41) is 6.44. The second-order valence-corrected chi connectivity index (χ2v) is 12.0. The fourth-order valence-corrected chi connectivity index (χ4v) is 5.58. The summed E-state index contributed by atoms with van der Waals surface area (Å²) in [6, 6.07) is 12.1. The molecule has 0 radical (unpaired) electrons. The Morgan fingerprint density at radius 2 is 1.85 bits per heavy atom. The van der Waals surface area contributed by atoms with Gasteiger partial charge in [0.05, 0.1) is 24.7 Å². The molecule has 0 unspecified atom stereocenters. The highest BCUT2D eigenvalue weighted by Crippen LogP contribution is 2.33. The Morgan fingerprint density at radius 3 is 2.56 bits per heavy atom. The first kappa shape index (κ1) is 28.9. The van der Waals surface area contributed by atoms with Crippen molar-refractivity contribution in [3.05, 3.63) is 53.7 Å². The Labute approximate surface area is 235 Å². The minimum atomic E-state index is -3.75. The zero-order valence-electron chi connectivity index (χ0n) is 22.6. The van der Waals surface area contributed by atoms with Crippen LogP contribution in [-0.2, 0) is 10.0 Å². The molecule has 3 N–H and O–H groups in total. The van der Waals surface area contributed by atoms with Crippen LogP contribution in [0.15, 0.2) is 53.6 Å². The molecule has 39 heavy (non-hydrogen) atoms. The van der Waals surface area contributed by atoms with Gasteiger partial charge in [0.15, 0.2) is 5.82 Å². The van der Waals surface area contributed by atoms with Crippen LogP contribution in [0.1, 0.15) is 26.7 Å². The average molecular weight is 575 g/mol. The third kappa shape index (κ3) is 7.72. The van der Waals surface area contributed by atoms with Crippen LogP contribution < -0.4 is 24.8 Å². The number of rotatable bonds is 11. The van der Waals surface area contributed by atoms with Crippen molar-refractivity contribution < 1.29 is 17.9 Å². The summed E-state index contributed by atoms with van der Waals surface area (Å²) in [5.41, 5.74) is 0.982. The first-order chi connectivity index (χ1) is 18.6. The standard InChI is InChI=1S/C27H35ClN6O4S/c1-18(2)16-30-39(35,36)25-8-6-5-7-23(25)31-26-21(28)17-29-27(33-26)32-22-10-9-20(15-24(22)37-4)38-19-11-13-34(3)14-12-19/h5-10,15,17-19,30H,11-14,16H2,1-4H3,(H2,29,31,32,33). The van der Waals surface area contributed by atoms with Gasteiger partial charge in [-0.1, -0.05) is 37.6 Å². The second-order valence-electron chi connectivity index (χ2n) is 9.86. The molecule has 0 spiro atoms. The fourth-order valence-electron chi connectivity index (χ4n) is 4.06. The van der Waals surface area contributed by atoms with Gasteiger partial charge in [-0.25, -0.2) is 18.1 Å². The molecule has 0 bridgehead atoms. The van der Waals surface area contributed by atoms with Crippen LogP contribution in [0.2, 0.25) is 5.02 Å². The molecule has 12 heteroatoms. The summed E-state index contributed by atoms with van der Waals surface area (Å²) in [5.74, 6) is 1.97. The number of para-hydroxylation sites is 1. The van der Waals surface area contributed by atoms with Crippen LogP contribution in [0, 0.1) is 5.92 Å². The minimum absolute atomic E-state index is 0.0942. The molecule has 0 saturated carbocycles. The Kier molecular flexibility index (Phi) is 9.49. The number of halogens is 1. The number of hydrogen-bond acceptors (Lipinski definition) is 9. The van der Waals surface area contributed by atoms with Crippen LogP contribution in [0.4, 0.5) is 23.1 Å². The number of anilines is 4. The highest BCUT2D eigenvalue weighted by Gasteiger charge is 2.21. The zero-order chi connectivity index (χ0) is 28.0. The highest BCUT2D eigenvalue weighted by atomic mass is 35.5. The van der Waals surface area contributed by atoms with Crippen molar-refractivity contribution in [2.45, 2.75) is 37.7 Å². The van der Waals surface area contributed by atoms with Gasteiger partial charge in [0.2, 0.25) is 16.0 Å². The topological polar surface area (TPSA) is 118 Å². The van der Waals surface area contributed by atoms with Crippen LogP contribution in [0.5, 0.6) is 11.5 Å². The maximum absolute atomic E-state index is 12.9. The summed E-state index contributed by atoms with van der Waals surface area (Å²) >= 11 is 6.37. The summed E-state index contributed by atoms with van der Waals surface area (Å²) in [7, 11) is -0.0497. The number of ether oxygens (including phenoxy) is 2. The molecule has 210 valence electrons. The molecule has 0 atom stereocenters. The van der Waals surface area contributed by atoms with Gasteiger partial charge >= 0.3 is 0 Å². The van der Waals surface area contributed by atoms with Crippen molar-refractivity contribution in [1.29, 1.82) is 0 Å². The Bertz CT molecular complexity index is 1380. The number of hydrogen-bond donors (Lipinski definition) is 3. The largest absolute Gasteiger partial charge is 0.494 e. The van der Waals surface area contributed by atoms with Crippen LogP contribution in [0.3, 0.4) is 0 Å². The maximum atomic E-state index is 12.9. The van der Waals surface area contributed by atoms with Crippen molar-refractivity contribution in [2.75, 3.05) is 44.4 Å². The van der Waals surface area contributed by atoms with E-state index >= 15 is 0 Å². The number of methoxy groups -OCH3 is 1. The average Bonchev–Trinajstić information content (AvgIpc) is 2.92. The molecule has 1 saturated heterocycles. The molecule has 10 nitrogen and oxygen atoms in total. The van der Waals surface area contributed by atoms with E-state index in [0.29, 0.717) is 23.7 Å². The summed E-state index contributed by atoms with van der Waals surface area (Å²) in [4.78, 5) is 11.2. The predicted octanol–water partition coefficient (Wildman–Crippen LogP) is 5.03. The van der Waals surface area contributed by atoms with Gasteiger partial charge in [0.1, 0.15) is 27.5 Å². The van der Waals surface area contributed by atoms with Crippen LogP contribution in [0.25, 0.3) is 0 Å². The summed E-state index contributed by atoms with van der Waals surface area (Å²) < 4.78 is 40.2.